The van der Waals surface area contributed by atoms with E-state index < -0.39 is 5.82 Å². The summed E-state index contributed by atoms with van der Waals surface area (Å²) in [4.78, 5) is 27.9. The molecule has 0 radical (unpaired) electrons. The number of rotatable bonds is 3. The minimum atomic E-state index is -0.537. The average molecular weight is 327 g/mol. The van der Waals surface area contributed by atoms with Crippen LogP contribution in [-0.4, -0.2) is 47.8 Å². The fourth-order valence-electron chi connectivity index (χ4n) is 2.55. The van der Waals surface area contributed by atoms with E-state index in [1.54, 1.807) is 4.90 Å². The van der Waals surface area contributed by atoms with Crippen LogP contribution in [-0.2, 0) is 4.79 Å². The SMILES string of the molecule is CCCC(=O)N1CCCN(C(=O)c2ccc(F)c(Cl)c2)CC1. The summed E-state index contributed by atoms with van der Waals surface area (Å²) in [5.74, 6) is -0.571. The average Bonchev–Trinajstić information content (AvgIpc) is 2.75. The molecule has 0 atom stereocenters. The summed E-state index contributed by atoms with van der Waals surface area (Å²) in [5, 5.41) is -0.0552. The maximum absolute atomic E-state index is 13.2. The molecule has 1 heterocycles. The maximum Gasteiger partial charge on any atom is 0.253 e. The van der Waals surface area contributed by atoms with Gasteiger partial charge in [0.1, 0.15) is 5.82 Å². The highest BCUT2D eigenvalue weighted by molar-refractivity contribution is 6.31. The zero-order valence-corrected chi connectivity index (χ0v) is 13.4. The van der Waals surface area contributed by atoms with Gasteiger partial charge in [-0.25, -0.2) is 4.39 Å². The van der Waals surface area contributed by atoms with E-state index >= 15 is 0 Å². The molecule has 0 bridgehead atoms. The van der Waals surface area contributed by atoms with Crippen LogP contribution in [0.5, 0.6) is 0 Å². The lowest BCUT2D eigenvalue weighted by molar-refractivity contribution is -0.131. The van der Waals surface area contributed by atoms with Gasteiger partial charge in [-0.1, -0.05) is 18.5 Å². The van der Waals surface area contributed by atoms with Crippen molar-refractivity contribution in [3.05, 3.63) is 34.6 Å². The van der Waals surface area contributed by atoms with Crippen molar-refractivity contribution < 1.29 is 14.0 Å². The van der Waals surface area contributed by atoms with Crippen molar-refractivity contribution in [2.45, 2.75) is 26.2 Å². The number of halogens is 2. The smallest absolute Gasteiger partial charge is 0.253 e. The second-order valence-electron chi connectivity index (χ2n) is 5.41. The molecule has 0 N–H and O–H groups in total. The largest absolute Gasteiger partial charge is 0.341 e. The van der Waals surface area contributed by atoms with E-state index in [-0.39, 0.29) is 16.8 Å². The molecule has 0 aliphatic carbocycles. The quantitative estimate of drug-likeness (QED) is 0.857. The molecular formula is C16H20ClFN2O2. The number of amides is 2. The van der Waals surface area contributed by atoms with Gasteiger partial charge in [0.2, 0.25) is 5.91 Å². The Labute approximate surface area is 134 Å². The summed E-state index contributed by atoms with van der Waals surface area (Å²) in [6.07, 6.45) is 2.11. The number of carbonyl (C=O) groups is 2. The first-order valence-corrected chi connectivity index (χ1v) is 7.92. The topological polar surface area (TPSA) is 40.6 Å². The standard InChI is InChI=1S/C16H20ClFN2O2/c1-2-4-15(21)19-7-3-8-20(10-9-19)16(22)12-5-6-14(18)13(17)11-12/h5-6,11H,2-4,7-10H2,1H3. The van der Waals surface area contributed by atoms with Crippen LogP contribution in [0.1, 0.15) is 36.5 Å². The summed E-state index contributed by atoms with van der Waals surface area (Å²) in [5.41, 5.74) is 0.375. The van der Waals surface area contributed by atoms with Gasteiger partial charge < -0.3 is 9.80 Å². The van der Waals surface area contributed by atoms with Crippen molar-refractivity contribution in [2.75, 3.05) is 26.2 Å². The lowest BCUT2D eigenvalue weighted by Gasteiger charge is -2.22. The summed E-state index contributed by atoms with van der Waals surface area (Å²) >= 11 is 5.73. The third kappa shape index (κ3) is 3.97. The van der Waals surface area contributed by atoms with Crippen molar-refractivity contribution in [1.82, 2.24) is 9.80 Å². The molecule has 22 heavy (non-hydrogen) atoms. The molecule has 2 amide bonds. The normalized spacial score (nSPS) is 15.6. The highest BCUT2D eigenvalue weighted by Crippen LogP contribution is 2.18. The molecule has 1 aromatic carbocycles. The summed E-state index contributed by atoms with van der Waals surface area (Å²) in [6.45, 7) is 4.27. The summed E-state index contributed by atoms with van der Waals surface area (Å²) < 4.78 is 13.2. The Kier molecular flexibility index (Phi) is 5.77. The van der Waals surface area contributed by atoms with Gasteiger partial charge in [-0.3, -0.25) is 9.59 Å². The van der Waals surface area contributed by atoms with Gasteiger partial charge >= 0.3 is 0 Å². The van der Waals surface area contributed by atoms with Crippen molar-refractivity contribution in [2.24, 2.45) is 0 Å². The Morgan fingerprint density at radius 1 is 1.18 bits per heavy atom. The third-order valence-electron chi connectivity index (χ3n) is 3.77. The number of benzene rings is 1. The second kappa shape index (κ2) is 7.58. The molecular weight excluding hydrogens is 307 g/mol. The molecule has 0 spiro atoms. The first-order chi connectivity index (χ1) is 10.5. The van der Waals surface area contributed by atoms with Crippen LogP contribution in [0.3, 0.4) is 0 Å². The first kappa shape index (κ1) is 16.7. The number of carbonyl (C=O) groups excluding carboxylic acids is 2. The number of hydrogen-bond acceptors (Lipinski definition) is 2. The van der Waals surface area contributed by atoms with Crippen LogP contribution in [0.4, 0.5) is 4.39 Å². The van der Waals surface area contributed by atoms with Crippen LogP contribution < -0.4 is 0 Å². The van der Waals surface area contributed by atoms with E-state index in [9.17, 15) is 14.0 Å². The van der Waals surface area contributed by atoms with Gasteiger partial charge in [0.25, 0.3) is 5.91 Å². The van der Waals surface area contributed by atoms with E-state index in [1.165, 1.54) is 18.2 Å². The van der Waals surface area contributed by atoms with Crippen LogP contribution in [0.2, 0.25) is 5.02 Å². The fraction of sp³-hybridized carbons (Fsp3) is 0.500. The minimum absolute atomic E-state index is 0.0552. The third-order valence-corrected chi connectivity index (χ3v) is 4.06. The summed E-state index contributed by atoms with van der Waals surface area (Å²) in [7, 11) is 0. The van der Waals surface area contributed by atoms with Crippen LogP contribution >= 0.6 is 11.6 Å². The molecule has 0 unspecified atom stereocenters. The lowest BCUT2D eigenvalue weighted by atomic mass is 10.2. The van der Waals surface area contributed by atoms with Crippen LogP contribution in [0.25, 0.3) is 0 Å². The molecule has 1 saturated heterocycles. The van der Waals surface area contributed by atoms with Crippen molar-refractivity contribution >= 4 is 23.4 Å². The molecule has 0 saturated carbocycles. The zero-order chi connectivity index (χ0) is 16.1. The molecule has 0 aromatic heterocycles. The Hall–Kier alpha value is -1.62. The molecule has 6 heteroatoms. The van der Waals surface area contributed by atoms with Crippen LogP contribution in [0, 0.1) is 5.82 Å². The molecule has 1 aliphatic heterocycles. The van der Waals surface area contributed by atoms with Gasteiger partial charge in [-0.05, 0) is 31.0 Å². The van der Waals surface area contributed by atoms with E-state index in [2.05, 4.69) is 0 Å². The predicted octanol–water partition coefficient (Wildman–Crippen LogP) is 2.95. The summed E-state index contributed by atoms with van der Waals surface area (Å²) in [6, 6.07) is 3.99. The van der Waals surface area contributed by atoms with E-state index in [0.29, 0.717) is 38.2 Å². The molecule has 1 fully saturated rings. The number of hydrogen-bond donors (Lipinski definition) is 0. The monoisotopic (exact) mass is 326 g/mol. The van der Waals surface area contributed by atoms with Crippen molar-refractivity contribution in [3.8, 4) is 0 Å². The molecule has 2 rings (SSSR count). The van der Waals surface area contributed by atoms with Gasteiger partial charge in [0.05, 0.1) is 5.02 Å². The van der Waals surface area contributed by atoms with Crippen molar-refractivity contribution in [3.63, 3.8) is 0 Å². The highest BCUT2D eigenvalue weighted by Gasteiger charge is 2.22. The molecule has 1 aliphatic rings. The van der Waals surface area contributed by atoms with E-state index in [4.69, 9.17) is 11.6 Å². The van der Waals surface area contributed by atoms with Gasteiger partial charge in [0, 0.05) is 38.2 Å². The molecule has 4 nitrogen and oxygen atoms in total. The molecule has 120 valence electrons. The minimum Gasteiger partial charge on any atom is -0.341 e. The predicted molar refractivity (Wildman–Crippen MR) is 83.4 cm³/mol. The van der Waals surface area contributed by atoms with Crippen LogP contribution in [0.15, 0.2) is 18.2 Å². The van der Waals surface area contributed by atoms with Gasteiger partial charge in [-0.15, -0.1) is 0 Å². The maximum atomic E-state index is 13.2. The first-order valence-electron chi connectivity index (χ1n) is 7.55. The second-order valence-corrected chi connectivity index (χ2v) is 5.81. The lowest BCUT2D eigenvalue weighted by Crippen LogP contribution is -2.37. The van der Waals surface area contributed by atoms with E-state index in [1.807, 2.05) is 11.8 Å². The Bertz CT molecular complexity index is 565. The van der Waals surface area contributed by atoms with Crippen molar-refractivity contribution in [1.29, 1.82) is 0 Å². The Morgan fingerprint density at radius 3 is 2.55 bits per heavy atom. The zero-order valence-electron chi connectivity index (χ0n) is 12.6. The van der Waals surface area contributed by atoms with Gasteiger partial charge in [-0.2, -0.15) is 0 Å². The Balaban J connectivity index is 2.02. The molecule has 1 aromatic rings. The Morgan fingerprint density at radius 2 is 1.86 bits per heavy atom. The fourth-order valence-corrected chi connectivity index (χ4v) is 2.73. The highest BCUT2D eigenvalue weighted by atomic mass is 35.5. The van der Waals surface area contributed by atoms with E-state index in [0.717, 1.165) is 12.8 Å². The van der Waals surface area contributed by atoms with Gasteiger partial charge in [0.15, 0.2) is 0 Å². The number of nitrogens with zero attached hydrogens (tertiary/aromatic N) is 2.